The Balaban J connectivity index is 2.52. The van der Waals surface area contributed by atoms with Gasteiger partial charge in [0.2, 0.25) is 0 Å². The van der Waals surface area contributed by atoms with Crippen molar-refractivity contribution in [3.8, 4) is 0 Å². The van der Waals surface area contributed by atoms with E-state index in [-0.39, 0.29) is 0 Å². The zero-order valence-electron chi connectivity index (χ0n) is 11.0. The van der Waals surface area contributed by atoms with Crippen molar-refractivity contribution in [3.63, 3.8) is 0 Å². The van der Waals surface area contributed by atoms with Crippen LogP contribution in [-0.4, -0.2) is 5.11 Å². The lowest BCUT2D eigenvalue weighted by Gasteiger charge is -2.20. The van der Waals surface area contributed by atoms with Gasteiger partial charge in [0, 0.05) is 6.42 Å². The molecule has 1 heteroatoms. The van der Waals surface area contributed by atoms with Gasteiger partial charge in [0.25, 0.3) is 0 Å². The fraction of sp³-hybridized carbons (Fsp3) is 0.600. The molecule has 1 aliphatic rings. The van der Waals surface area contributed by atoms with Crippen LogP contribution in [0.15, 0.2) is 34.6 Å². The molecular weight excluding hydrogens is 196 g/mol. The van der Waals surface area contributed by atoms with Crippen LogP contribution in [0.2, 0.25) is 0 Å². The highest BCUT2D eigenvalue weighted by molar-refractivity contribution is 5.29. The van der Waals surface area contributed by atoms with Crippen molar-refractivity contribution in [2.24, 2.45) is 5.92 Å². The van der Waals surface area contributed by atoms with Crippen LogP contribution in [-0.2, 0) is 0 Å². The minimum atomic E-state index is 0.570. The van der Waals surface area contributed by atoms with Crippen molar-refractivity contribution < 1.29 is 5.11 Å². The predicted octanol–water partition coefficient (Wildman–Crippen LogP) is 4.92. The van der Waals surface area contributed by atoms with Crippen molar-refractivity contribution in [3.05, 3.63) is 34.6 Å². The van der Waals surface area contributed by atoms with Gasteiger partial charge in [-0.1, -0.05) is 30.2 Å². The molecule has 0 radical (unpaired) electrons. The van der Waals surface area contributed by atoms with E-state index >= 15 is 0 Å². The Bertz CT molecular complexity index is 327. The van der Waals surface area contributed by atoms with Gasteiger partial charge in [0.15, 0.2) is 0 Å². The molecule has 0 heterocycles. The molecule has 0 fully saturated rings. The summed E-state index contributed by atoms with van der Waals surface area (Å²) in [6.45, 7) is 8.59. The average molecular weight is 220 g/mol. The smallest absolute Gasteiger partial charge is 0.0954 e. The van der Waals surface area contributed by atoms with Crippen LogP contribution in [0, 0.1) is 5.92 Å². The van der Waals surface area contributed by atoms with Crippen molar-refractivity contribution in [2.75, 3.05) is 0 Å². The first-order chi connectivity index (χ1) is 7.50. The van der Waals surface area contributed by atoms with E-state index < -0.39 is 0 Å². The van der Waals surface area contributed by atoms with Crippen LogP contribution >= 0.6 is 0 Å². The minimum absolute atomic E-state index is 0.570. The highest BCUT2D eigenvalue weighted by atomic mass is 16.3. The summed E-state index contributed by atoms with van der Waals surface area (Å²) in [5.41, 5.74) is 3.95. The monoisotopic (exact) mass is 220 g/mol. The third kappa shape index (κ3) is 3.88. The number of aliphatic hydroxyl groups excluding tert-OH is 1. The van der Waals surface area contributed by atoms with Crippen molar-refractivity contribution in [1.29, 1.82) is 0 Å². The fourth-order valence-corrected chi connectivity index (χ4v) is 2.09. The molecule has 1 unspecified atom stereocenters. The topological polar surface area (TPSA) is 20.2 Å². The Morgan fingerprint density at radius 1 is 1.44 bits per heavy atom. The maximum absolute atomic E-state index is 9.55. The van der Waals surface area contributed by atoms with Gasteiger partial charge in [0.05, 0.1) is 5.76 Å². The van der Waals surface area contributed by atoms with E-state index in [4.69, 9.17) is 0 Å². The first kappa shape index (κ1) is 13.1. The van der Waals surface area contributed by atoms with Crippen molar-refractivity contribution in [2.45, 2.75) is 53.4 Å². The standard InChI is InChI=1S/C15H24O/c1-11(2)6-5-7-12(3)14-8-9-15(16)13(4)10-14/h6,10,12,16H,5,7-9H2,1-4H3. The Hall–Kier alpha value is -0.980. The first-order valence-corrected chi connectivity index (χ1v) is 6.23. The zero-order valence-corrected chi connectivity index (χ0v) is 11.0. The summed E-state index contributed by atoms with van der Waals surface area (Å²) < 4.78 is 0. The second-order valence-corrected chi connectivity index (χ2v) is 5.11. The molecule has 0 aromatic carbocycles. The molecule has 1 rings (SSSR count). The molecule has 1 N–H and O–H groups in total. The molecule has 0 aromatic heterocycles. The highest BCUT2D eigenvalue weighted by Gasteiger charge is 2.14. The number of aliphatic hydroxyl groups is 1. The molecule has 0 bridgehead atoms. The number of hydrogen-bond acceptors (Lipinski definition) is 1. The van der Waals surface area contributed by atoms with Gasteiger partial charge in [-0.15, -0.1) is 0 Å². The summed E-state index contributed by atoms with van der Waals surface area (Å²) in [4.78, 5) is 0. The van der Waals surface area contributed by atoms with Crippen LogP contribution in [0.3, 0.4) is 0 Å². The SMILES string of the molecule is CC(C)=CCCC(C)C1=CC(C)=C(O)CC1. The molecule has 1 atom stereocenters. The average Bonchev–Trinajstić information content (AvgIpc) is 2.21. The third-order valence-corrected chi connectivity index (χ3v) is 3.29. The van der Waals surface area contributed by atoms with Gasteiger partial charge in [-0.05, 0) is 51.5 Å². The number of allylic oxidation sites excluding steroid dienone is 6. The van der Waals surface area contributed by atoms with E-state index in [1.165, 1.54) is 17.6 Å². The third-order valence-electron chi connectivity index (χ3n) is 3.29. The molecule has 0 spiro atoms. The summed E-state index contributed by atoms with van der Waals surface area (Å²) in [6.07, 6.45) is 8.70. The highest BCUT2D eigenvalue weighted by Crippen LogP contribution is 2.29. The fourth-order valence-electron chi connectivity index (χ4n) is 2.09. The number of hydrogen-bond donors (Lipinski definition) is 1. The second kappa shape index (κ2) is 5.93. The van der Waals surface area contributed by atoms with Gasteiger partial charge in [-0.3, -0.25) is 0 Å². The lowest BCUT2D eigenvalue weighted by molar-refractivity contribution is 0.375. The summed E-state index contributed by atoms with van der Waals surface area (Å²) in [5.74, 6) is 1.21. The maximum atomic E-state index is 9.55. The molecule has 0 aliphatic heterocycles. The van der Waals surface area contributed by atoms with Gasteiger partial charge in [-0.25, -0.2) is 0 Å². The zero-order chi connectivity index (χ0) is 12.1. The number of rotatable bonds is 4. The predicted molar refractivity (Wildman–Crippen MR) is 70.5 cm³/mol. The second-order valence-electron chi connectivity index (χ2n) is 5.11. The van der Waals surface area contributed by atoms with Gasteiger partial charge >= 0.3 is 0 Å². The lowest BCUT2D eigenvalue weighted by Crippen LogP contribution is -2.05. The molecule has 0 amide bonds. The molecule has 0 aromatic rings. The Kier molecular flexibility index (Phi) is 4.85. The minimum Gasteiger partial charge on any atom is -0.512 e. The van der Waals surface area contributed by atoms with Gasteiger partial charge < -0.3 is 5.11 Å². The summed E-state index contributed by atoms with van der Waals surface area (Å²) in [5, 5.41) is 9.55. The molecule has 0 saturated carbocycles. The normalized spacial score (nSPS) is 18.1. The van der Waals surface area contributed by atoms with Crippen molar-refractivity contribution in [1.82, 2.24) is 0 Å². The molecule has 16 heavy (non-hydrogen) atoms. The Morgan fingerprint density at radius 2 is 2.12 bits per heavy atom. The Labute approximate surface area is 99.6 Å². The summed E-state index contributed by atoms with van der Waals surface area (Å²) in [7, 11) is 0. The van der Waals surface area contributed by atoms with E-state index in [9.17, 15) is 5.11 Å². The van der Waals surface area contributed by atoms with E-state index in [1.807, 2.05) is 6.92 Å². The quantitative estimate of drug-likeness (QED) is 0.667. The summed E-state index contributed by atoms with van der Waals surface area (Å²) >= 11 is 0. The van der Waals surface area contributed by atoms with Gasteiger partial charge in [0.1, 0.15) is 0 Å². The van der Waals surface area contributed by atoms with E-state index in [2.05, 4.69) is 32.9 Å². The van der Waals surface area contributed by atoms with Crippen LogP contribution in [0.5, 0.6) is 0 Å². The maximum Gasteiger partial charge on any atom is 0.0954 e. The Morgan fingerprint density at radius 3 is 2.69 bits per heavy atom. The van der Waals surface area contributed by atoms with Crippen LogP contribution in [0.4, 0.5) is 0 Å². The van der Waals surface area contributed by atoms with Crippen molar-refractivity contribution >= 4 is 0 Å². The molecule has 90 valence electrons. The first-order valence-electron chi connectivity index (χ1n) is 6.23. The lowest BCUT2D eigenvalue weighted by atomic mass is 9.87. The van der Waals surface area contributed by atoms with E-state index in [0.29, 0.717) is 11.7 Å². The molecule has 1 aliphatic carbocycles. The summed E-state index contributed by atoms with van der Waals surface area (Å²) in [6, 6.07) is 0. The molecule has 0 saturated heterocycles. The molecular formula is C15H24O. The van der Waals surface area contributed by atoms with Gasteiger partial charge in [-0.2, -0.15) is 0 Å². The van der Waals surface area contributed by atoms with Crippen LogP contribution < -0.4 is 0 Å². The molecule has 1 nitrogen and oxygen atoms in total. The largest absolute Gasteiger partial charge is 0.512 e. The van der Waals surface area contributed by atoms with Crippen LogP contribution in [0.1, 0.15) is 53.4 Å². The van der Waals surface area contributed by atoms with Crippen LogP contribution in [0.25, 0.3) is 0 Å². The van der Waals surface area contributed by atoms with E-state index in [1.54, 1.807) is 0 Å². The van der Waals surface area contributed by atoms with E-state index in [0.717, 1.165) is 24.8 Å².